The van der Waals surface area contributed by atoms with Crippen molar-refractivity contribution in [2.24, 2.45) is 5.10 Å². The van der Waals surface area contributed by atoms with Gasteiger partial charge in [0.25, 0.3) is 5.91 Å². The monoisotopic (exact) mass is 400 g/mol. The molecule has 8 heteroatoms. The highest BCUT2D eigenvalue weighted by molar-refractivity contribution is 5.96. The molecule has 0 aromatic heterocycles. The summed E-state index contributed by atoms with van der Waals surface area (Å²) in [5, 5.41) is 3.99. The smallest absolute Gasteiger partial charge is 0.271 e. The van der Waals surface area contributed by atoms with Gasteiger partial charge in [-0.1, -0.05) is 12.7 Å². The number of amides is 1. The van der Waals surface area contributed by atoms with Crippen LogP contribution in [0.3, 0.4) is 0 Å². The maximum Gasteiger partial charge on any atom is 0.271 e. The second kappa shape index (κ2) is 10.6. The molecule has 2 aromatic carbocycles. The number of methoxy groups -OCH3 is 4. The summed E-state index contributed by atoms with van der Waals surface area (Å²) in [7, 11) is 6.00. The number of rotatable bonds is 10. The van der Waals surface area contributed by atoms with Gasteiger partial charge in [0.1, 0.15) is 6.61 Å². The number of ether oxygens (including phenoxy) is 5. The molecule has 0 saturated carbocycles. The first-order valence-electron chi connectivity index (χ1n) is 8.63. The Morgan fingerprint density at radius 2 is 1.62 bits per heavy atom. The average molecular weight is 400 g/mol. The number of hydrogen-bond donors (Lipinski definition) is 1. The van der Waals surface area contributed by atoms with Crippen molar-refractivity contribution in [3.63, 3.8) is 0 Å². The zero-order chi connectivity index (χ0) is 21.2. The predicted molar refractivity (Wildman–Crippen MR) is 110 cm³/mol. The van der Waals surface area contributed by atoms with Crippen molar-refractivity contribution in [3.05, 3.63) is 54.1 Å². The van der Waals surface area contributed by atoms with E-state index in [1.807, 2.05) is 0 Å². The van der Waals surface area contributed by atoms with Crippen LogP contribution in [0.1, 0.15) is 15.9 Å². The highest BCUT2D eigenvalue weighted by atomic mass is 16.5. The first kappa shape index (κ1) is 21.6. The molecule has 0 heterocycles. The van der Waals surface area contributed by atoms with E-state index in [2.05, 4.69) is 17.1 Å². The average Bonchev–Trinajstić information content (AvgIpc) is 2.76. The van der Waals surface area contributed by atoms with Crippen LogP contribution in [0.15, 0.2) is 48.1 Å². The SMILES string of the molecule is C=CCOc1ccc(/C=N/NC(=O)c2cc(OC)c(OC)c(OC)c2)cc1OC. The molecule has 0 radical (unpaired) electrons. The maximum atomic E-state index is 12.4. The normalized spacial score (nSPS) is 10.3. The summed E-state index contributed by atoms with van der Waals surface area (Å²) in [5.41, 5.74) is 3.50. The van der Waals surface area contributed by atoms with E-state index in [9.17, 15) is 4.79 Å². The molecule has 0 unspecified atom stereocenters. The van der Waals surface area contributed by atoms with Gasteiger partial charge in [-0.2, -0.15) is 5.10 Å². The van der Waals surface area contributed by atoms with Gasteiger partial charge in [0.2, 0.25) is 5.75 Å². The van der Waals surface area contributed by atoms with Crippen LogP contribution in [0.5, 0.6) is 28.7 Å². The number of carbonyl (C=O) groups excluding carboxylic acids is 1. The van der Waals surface area contributed by atoms with Crippen LogP contribution >= 0.6 is 0 Å². The fourth-order valence-corrected chi connectivity index (χ4v) is 2.47. The van der Waals surface area contributed by atoms with Gasteiger partial charge in [-0.15, -0.1) is 0 Å². The lowest BCUT2D eigenvalue weighted by atomic mass is 10.1. The second-order valence-electron chi connectivity index (χ2n) is 5.62. The molecule has 0 aliphatic rings. The summed E-state index contributed by atoms with van der Waals surface area (Å²) in [6.07, 6.45) is 3.14. The molecular formula is C21H24N2O6. The van der Waals surface area contributed by atoms with Gasteiger partial charge in [-0.3, -0.25) is 4.79 Å². The molecule has 0 saturated heterocycles. The minimum absolute atomic E-state index is 0.308. The lowest BCUT2D eigenvalue weighted by Gasteiger charge is -2.13. The summed E-state index contributed by atoms with van der Waals surface area (Å²) in [5.74, 6) is 1.86. The van der Waals surface area contributed by atoms with E-state index in [0.717, 1.165) is 5.56 Å². The van der Waals surface area contributed by atoms with Gasteiger partial charge in [0.05, 0.1) is 34.7 Å². The van der Waals surface area contributed by atoms with E-state index in [4.69, 9.17) is 23.7 Å². The minimum Gasteiger partial charge on any atom is -0.493 e. The molecular weight excluding hydrogens is 376 g/mol. The minimum atomic E-state index is -0.432. The van der Waals surface area contributed by atoms with Gasteiger partial charge in [-0.25, -0.2) is 5.43 Å². The standard InChI is InChI=1S/C21H24N2O6/c1-6-9-29-16-8-7-14(10-17(16)25-2)13-22-23-21(24)15-11-18(26-3)20(28-5)19(12-15)27-4/h6-8,10-13H,1,9H2,2-5H3,(H,23,24)/b22-13+. The molecule has 2 rings (SSSR count). The van der Waals surface area contributed by atoms with E-state index >= 15 is 0 Å². The molecule has 1 amide bonds. The molecule has 0 aliphatic carbocycles. The highest BCUT2D eigenvalue weighted by Crippen LogP contribution is 2.38. The molecule has 0 bridgehead atoms. The Hall–Kier alpha value is -3.68. The third-order valence-corrected chi connectivity index (χ3v) is 3.85. The Morgan fingerprint density at radius 1 is 0.966 bits per heavy atom. The third kappa shape index (κ3) is 5.41. The molecule has 0 atom stereocenters. The van der Waals surface area contributed by atoms with Crippen LogP contribution in [0.2, 0.25) is 0 Å². The summed E-state index contributed by atoms with van der Waals surface area (Å²) < 4.78 is 26.6. The van der Waals surface area contributed by atoms with Crippen molar-refractivity contribution in [3.8, 4) is 28.7 Å². The van der Waals surface area contributed by atoms with Gasteiger partial charge < -0.3 is 23.7 Å². The molecule has 1 N–H and O–H groups in total. The van der Waals surface area contributed by atoms with Gasteiger partial charge in [-0.05, 0) is 35.9 Å². The van der Waals surface area contributed by atoms with Crippen LogP contribution < -0.4 is 29.1 Å². The first-order valence-corrected chi connectivity index (χ1v) is 8.63. The number of hydrogen-bond acceptors (Lipinski definition) is 7. The van der Waals surface area contributed by atoms with Crippen LogP contribution in [0.25, 0.3) is 0 Å². The number of nitrogens with zero attached hydrogens (tertiary/aromatic N) is 1. The molecule has 29 heavy (non-hydrogen) atoms. The van der Waals surface area contributed by atoms with E-state index < -0.39 is 5.91 Å². The summed E-state index contributed by atoms with van der Waals surface area (Å²) >= 11 is 0. The quantitative estimate of drug-likeness (QED) is 0.375. The van der Waals surface area contributed by atoms with Crippen LogP contribution in [0, 0.1) is 0 Å². The predicted octanol–water partition coefficient (Wildman–Crippen LogP) is 3.05. The molecule has 0 aliphatic heterocycles. The molecule has 0 fully saturated rings. The molecule has 2 aromatic rings. The largest absolute Gasteiger partial charge is 0.493 e. The molecule has 154 valence electrons. The Kier molecular flexibility index (Phi) is 7.90. The van der Waals surface area contributed by atoms with E-state index in [1.165, 1.54) is 27.5 Å². The van der Waals surface area contributed by atoms with Gasteiger partial charge in [0.15, 0.2) is 23.0 Å². The fraction of sp³-hybridized carbons (Fsp3) is 0.238. The van der Waals surface area contributed by atoms with Crippen molar-refractivity contribution in [2.45, 2.75) is 0 Å². The maximum absolute atomic E-state index is 12.4. The van der Waals surface area contributed by atoms with Crippen molar-refractivity contribution in [1.29, 1.82) is 0 Å². The Balaban J connectivity index is 2.14. The third-order valence-electron chi connectivity index (χ3n) is 3.85. The Bertz CT molecular complexity index is 870. The second-order valence-corrected chi connectivity index (χ2v) is 5.62. The number of benzene rings is 2. The van der Waals surface area contributed by atoms with E-state index in [0.29, 0.717) is 40.9 Å². The molecule has 0 spiro atoms. The van der Waals surface area contributed by atoms with Gasteiger partial charge in [0, 0.05) is 5.56 Å². The molecule has 8 nitrogen and oxygen atoms in total. The van der Waals surface area contributed by atoms with E-state index in [1.54, 1.807) is 43.5 Å². The highest BCUT2D eigenvalue weighted by Gasteiger charge is 2.16. The number of nitrogens with one attached hydrogen (secondary N) is 1. The topological polar surface area (TPSA) is 87.6 Å². The number of hydrazone groups is 1. The van der Waals surface area contributed by atoms with Crippen molar-refractivity contribution in [2.75, 3.05) is 35.0 Å². The summed E-state index contributed by atoms with van der Waals surface area (Å²) in [6, 6.07) is 8.37. The lowest BCUT2D eigenvalue weighted by Crippen LogP contribution is -2.18. The zero-order valence-electron chi connectivity index (χ0n) is 16.9. The van der Waals surface area contributed by atoms with Crippen LogP contribution in [0.4, 0.5) is 0 Å². The van der Waals surface area contributed by atoms with Crippen molar-refractivity contribution in [1.82, 2.24) is 5.43 Å². The van der Waals surface area contributed by atoms with Crippen molar-refractivity contribution < 1.29 is 28.5 Å². The number of carbonyl (C=O) groups is 1. The van der Waals surface area contributed by atoms with Gasteiger partial charge >= 0.3 is 0 Å². The Morgan fingerprint density at radius 3 is 2.17 bits per heavy atom. The summed E-state index contributed by atoms with van der Waals surface area (Å²) in [4.78, 5) is 12.4. The fourth-order valence-electron chi connectivity index (χ4n) is 2.47. The lowest BCUT2D eigenvalue weighted by molar-refractivity contribution is 0.0954. The zero-order valence-corrected chi connectivity index (χ0v) is 16.9. The van der Waals surface area contributed by atoms with Crippen LogP contribution in [-0.4, -0.2) is 47.2 Å². The van der Waals surface area contributed by atoms with Crippen molar-refractivity contribution >= 4 is 12.1 Å². The summed E-state index contributed by atoms with van der Waals surface area (Å²) in [6.45, 7) is 3.98. The van der Waals surface area contributed by atoms with Crippen LogP contribution in [-0.2, 0) is 0 Å². The Labute approximate surface area is 169 Å². The first-order chi connectivity index (χ1) is 14.1. The van der Waals surface area contributed by atoms with E-state index in [-0.39, 0.29) is 0 Å².